The van der Waals surface area contributed by atoms with Gasteiger partial charge in [-0.25, -0.2) is 22.3 Å². The molecule has 10 heteroatoms. The Hall–Kier alpha value is -1.39. The molecule has 1 aromatic rings. The third-order valence-corrected chi connectivity index (χ3v) is 4.22. The summed E-state index contributed by atoms with van der Waals surface area (Å²) >= 11 is 0. The fourth-order valence-corrected chi connectivity index (χ4v) is 2.70. The molecule has 0 bridgehead atoms. The van der Waals surface area contributed by atoms with Gasteiger partial charge in [-0.15, -0.1) is 0 Å². The molecule has 21 heavy (non-hydrogen) atoms. The van der Waals surface area contributed by atoms with Crippen molar-refractivity contribution in [1.29, 1.82) is 0 Å². The van der Waals surface area contributed by atoms with Crippen LogP contribution in [-0.4, -0.2) is 37.1 Å². The summed E-state index contributed by atoms with van der Waals surface area (Å²) in [6.45, 7) is 0.0963. The molecule has 0 aromatic heterocycles. The Labute approximate surface area is 123 Å². The van der Waals surface area contributed by atoms with E-state index >= 15 is 0 Å². The summed E-state index contributed by atoms with van der Waals surface area (Å²) in [5, 5.41) is 7.04. The quantitative estimate of drug-likeness (QED) is 0.717. The number of nitrogens with two attached hydrogens (primary N) is 1. The number of benzene rings is 1. The summed E-state index contributed by atoms with van der Waals surface area (Å²) in [6, 6.07) is 0.985. The lowest BCUT2D eigenvalue weighted by Gasteiger charge is -2.08. The van der Waals surface area contributed by atoms with Gasteiger partial charge >= 0.3 is 0 Å². The van der Waals surface area contributed by atoms with Crippen LogP contribution in [0.25, 0.3) is 0 Å². The van der Waals surface area contributed by atoms with Gasteiger partial charge in [-0.1, -0.05) is 0 Å². The molecule has 1 atom stereocenters. The van der Waals surface area contributed by atoms with Crippen LogP contribution >= 0.6 is 0 Å². The molecule has 0 spiro atoms. The highest BCUT2D eigenvalue weighted by atomic mass is 32.2. The monoisotopic (exact) mass is 340 g/mol. The van der Waals surface area contributed by atoms with E-state index in [0.29, 0.717) is 24.3 Å². The van der Waals surface area contributed by atoms with Crippen molar-refractivity contribution in [3.05, 3.63) is 29.3 Å². The fraction of sp³-hybridized carbons (Fsp3) is 0.364. The van der Waals surface area contributed by atoms with E-state index < -0.39 is 48.8 Å². The van der Waals surface area contributed by atoms with E-state index in [1.165, 1.54) is 6.26 Å². The third kappa shape index (κ3) is 5.14. The number of nitrogens with one attached hydrogen (secondary N) is 1. The van der Waals surface area contributed by atoms with Crippen molar-refractivity contribution in [3.63, 3.8) is 0 Å². The molecule has 1 aromatic carbocycles. The van der Waals surface area contributed by atoms with Crippen LogP contribution in [0.1, 0.15) is 16.8 Å². The molecule has 118 valence electrons. The molecule has 1 unspecified atom stereocenters. The maximum atomic E-state index is 13.9. The molecule has 0 saturated heterocycles. The molecule has 1 rings (SSSR count). The average Bonchev–Trinajstić information content (AvgIpc) is 2.35. The summed E-state index contributed by atoms with van der Waals surface area (Å²) in [7, 11) is -5.51. The maximum absolute atomic E-state index is 13.9. The van der Waals surface area contributed by atoms with Gasteiger partial charge < -0.3 is 5.32 Å². The number of primary sulfonamides is 1. The van der Waals surface area contributed by atoms with Crippen LogP contribution in [0.2, 0.25) is 0 Å². The Morgan fingerprint density at radius 3 is 2.52 bits per heavy atom. The highest BCUT2D eigenvalue weighted by molar-refractivity contribution is 7.89. The van der Waals surface area contributed by atoms with Crippen LogP contribution in [0.3, 0.4) is 0 Å². The van der Waals surface area contributed by atoms with Crippen LogP contribution < -0.4 is 10.5 Å². The van der Waals surface area contributed by atoms with Crippen LogP contribution in [0, 0.1) is 11.6 Å². The van der Waals surface area contributed by atoms with Crippen molar-refractivity contribution in [3.8, 4) is 0 Å². The summed E-state index contributed by atoms with van der Waals surface area (Å²) < 4.78 is 60.3. The van der Waals surface area contributed by atoms with Crippen molar-refractivity contribution in [2.45, 2.75) is 11.3 Å². The van der Waals surface area contributed by atoms with Gasteiger partial charge in [0.2, 0.25) is 10.0 Å². The highest BCUT2D eigenvalue weighted by Crippen LogP contribution is 2.19. The normalized spacial score (nSPS) is 13.0. The minimum atomic E-state index is -4.48. The predicted molar refractivity (Wildman–Crippen MR) is 73.6 cm³/mol. The van der Waals surface area contributed by atoms with Crippen molar-refractivity contribution in [1.82, 2.24) is 5.32 Å². The van der Waals surface area contributed by atoms with Crippen molar-refractivity contribution in [2.24, 2.45) is 5.14 Å². The maximum Gasteiger partial charge on any atom is 0.254 e. The van der Waals surface area contributed by atoms with Crippen molar-refractivity contribution in [2.75, 3.05) is 18.6 Å². The lowest BCUT2D eigenvalue weighted by Crippen LogP contribution is -2.27. The minimum Gasteiger partial charge on any atom is -0.352 e. The molecule has 0 radical (unpaired) electrons. The smallest absolute Gasteiger partial charge is 0.254 e. The summed E-state index contributed by atoms with van der Waals surface area (Å²) in [6.07, 6.45) is 1.88. The Morgan fingerprint density at radius 2 is 2.00 bits per heavy atom. The van der Waals surface area contributed by atoms with Crippen molar-refractivity contribution >= 4 is 26.7 Å². The van der Waals surface area contributed by atoms with Crippen LogP contribution in [0.4, 0.5) is 8.78 Å². The van der Waals surface area contributed by atoms with E-state index in [0.717, 1.165) is 0 Å². The Kier molecular flexibility index (Phi) is 5.93. The zero-order valence-corrected chi connectivity index (χ0v) is 12.7. The van der Waals surface area contributed by atoms with E-state index in [-0.39, 0.29) is 6.54 Å². The number of carbonyl (C=O) groups excluding carboxylic acids is 1. The standard InChI is InChI=1S/C11H14F2N2O4S2/c1-20(17)4-2-3-15-11(16)8-5-7(12)6-9(10(8)13)21(14,18)19/h5-6H,2-4H2,1H3,(H,15,16)(H2,14,18,19). The molecule has 0 aliphatic heterocycles. The number of hydrogen-bond donors (Lipinski definition) is 2. The number of rotatable bonds is 6. The SMILES string of the molecule is CS(=O)CCCNC(=O)c1cc(F)cc(S(N)(=O)=O)c1F. The molecular formula is C11H14F2N2O4S2. The second-order valence-electron chi connectivity index (χ2n) is 4.20. The van der Waals surface area contributed by atoms with Gasteiger partial charge in [0.15, 0.2) is 5.82 Å². The number of sulfonamides is 1. The van der Waals surface area contributed by atoms with E-state index in [1.807, 2.05) is 0 Å². The zero-order chi connectivity index (χ0) is 16.2. The van der Waals surface area contributed by atoms with Gasteiger partial charge in [0, 0.05) is 29.4 Å². The Balaban J connectivity index is 2.95. The number of hydrogen-bond acceptors (Lipinski definition) is 4. The molecular weight excluding hydrogens is 326 g/mol. The summed E-state index contributed by atoms with van der Waals surface area (Å²) in [5.74, 6) is -3.14. The lowest BCUT2D eigenvalue weighted by atomic mass is 10.2. The second-order valence-corrected chi connectivity index (χ2v) is 7.28. The minimum absolute atomic E-state index is 0.0963. The first-order chi connectivity index (χ1) is 9.62. The van der Waals surface area contributed by atoms with E-state index in [2.05, 4.69) is 5.32 Å². The zero-order valence-electron chi connectivity index (χ0n) is 11.1. The molecule has 0 aliphatic carbocycles. The number of carbonyl (C=O) groups is 1. The molecule has 0 saturated carbocycles. The van der Waals surface area contributed by atoms with Gasteiger partial charge in [-0.2, -0.15) is 0 Å². The molecule has 0 aliphatic rings. The third-order valence-electron chi connectivity index (χ3n) is 2.45. The second kappa shape index (κ2) is 7.05. The number of amides is 1. The predicted octanol–water partition coefficient (Wildman–Crippen LogP) is 0.111. The highest BCUT2D eigenvalue weighted by Gasteiger charge is 2.23. The van der Waals surface area contributed by atoms with Gasteiger partial charge in [0.05, 0.1) is 5.56 Å². The van der Waals surface area contributed by atoms with Gasteiger partial charge in [-0.3, -0.25) is 9.00 Å². The van der Waals surface area contributed by atoms with E-state index in [4.69, 9.17) is 5.14 Å². The van der Waals surface area contributed by atoms with Crippen LogP contribution in [-0.2, 0) is 20.8 Å². The average molecular weight is 340 g/mol. The Morgan fingerprint density at radius 1 is 1.38 bits per heavy atom. The number of halogens is 2. The lowest BCUT2D eigenvalue weighted by molar-refractivity contribution is 0.0948. The fourth-order valence-electron chi connectivity index (χ4n) is 1.51. The van der Waals surface area contributed by atoms with Crippen LogP contribution in [0.15, 0.2) is 17.0 Å². The van der Waals surface area contributed by atoms with E-state index in [1.54, 1.807) is 0 Å². The molecule has 1 amide bonds. The molecule has 0 heterocycles. The topological polar surface area (TPSA) is 106 Å². The largest absolute Gasteiger partial charge is 0.352 e. The first-order valence-corrected chi connectivity index (χ1v) is 9.00. The summed E-state index contributed by atoms with van der Waals surface area (Å²) in [4.78, 5) is 10.6. The first kappa shape index (κ1) is 17.7. The molecule has 0 fully saturated rings. The van der Waals surface area contributed by atoms with Crippen LogP contribution in [0.5, 0.6) is 0 Å². The van der Waals surface area contributed by atoms with Gasteiger partial charge in [0.25, 0.3) is 5.91 Å². The van der Waals surface area contributed by atoms with Gasteiger partial charge in [0.1, 0.15) is 10.7 Å². The summed E-state index contributed by atoms with van der Waals surface area (Å²) in [5.41, 5.74) is -0.753. The Bertz CT molecular complexity index is 677. The first-order valence-electron chi connectivity index (χ1n) is 5.73. The van der Waals surface area contributed by atoms with Gasteiger partial charge in [-0.05, 0) is 18.6 Å². The van der Waals surface area contributed by atoms with Crippen molar-refractivity contribution < 1.29 is 26.2 Å². The van der Waals surface area contributed by atoms with E-state index in [9.17, 15) is 26.2 Å². The molecule has 3 N–H and O–H groups in total. The molecule has 6 nitrogen and oxygen atoms in total.